The van der Waals surface area contributed by atoms with Gasteiger partial charge >= 0.3 is 5.97 Å². The lowest BCUT2D eigenvalue weighted by Gasteiger charge is -2.14. The highest BCUT2D eigenvalue weighted by molar-refractivity contribution is 9.10. The Kier molecular flexibility index (Phi) is 6.87. The Morgan fingerprint density at radius 3 is 2.80 bits per heavy atom. The summed E-state index contributed by atoms with van der Waals surface area (Å²) in [6.45, 7) is 6.52. The monoisotopic (exact) mass is 340 g/mol. The van der Waals surface area contributed by atoms with E-state index in [9.17, 15) is 4.79 Å². The molecule has 0 radical (unpaired) electrons. The zero-order valence-electron chi connectivity index (χ0n) is 11.3. The van der Waals surface area contributed by atoms with Crippen LogP contribution in [0.3, 0.4) is 0 Å². The van der Waals surface area contributed by atoms with Gasteiger partial charge in [0.1, 0.15) is 0 Å². The number of carboxylic acid groups (broad SMARTS) is 1. The number of hydrogen-bond acceptors (Lipinski definition) is 3. The van der Waals surface area contributed by atoms with Crippen molar-refractivity contribution in [2.75, 3.05) is 13.2 Å². The highest BCUT2D eigenvalue weighted by Crippen LogP contribution is 2.37. The van der Waals surface area contributed by atoms with Gasteiger partial charge in [0.2, 0.25) is 0 Å². The first kappa shape index (κ1) is 16.3. The minimum atomic E-state index is -0.995. The molecule has 0 aliphatic carbocycles. The Bertz CT molecular complexity index is 509. The van der Waals surface area contributed by atoms with E-state index in [1.807, 2.05) is 6.92 Å². The van der Waals surface area contributed by atoms with Crippen LogP contribution in [-0.2, 0) is 4.79 Å². The fourth-order valence-electron chi connectivity index (χ4n) is 1.50. The molecule has 1 rings (SSSR count). The van der Waals surface area contributed by atoms with Crippen molar-refractivity contribution in [1.29, 1.82) is 0 Å². The van der Waals surface area contributed by atoms with Crippen LogP contribution in [0.25, 0.3) is 6.08 Å². The first-order valence-corrected chi connectivity index (χ1v) is 6.98. The van der Waals surface area contributed by atoms with Gasteiger partial charge in [-0.3, -0.25) is 0 Å². The van der Waals surface area contributed by atoms with Gasteiger partial charge < -0.3 is 14.6 Å². The maximum atomic E-state index is 10.5. The number of carbonyl (C=O) groups is 1. The molecule has 5 heteroatoms. The molecule has 0 spiro atoms. The second kappa shape index (κ2) is 8.43. The van der Waals surface area contributed by atoms with Crippen molar-refractivity contribution in [2.24, 2.45) is 0 Å². The van der Waals surface area contributed by atoms with E-state index in [0.717, 1.165) is 22.5 Å². The van der Waals surface area contributed by atoms with E-state index in [1.165, 1.54) is 6.08 Å². The molecule has 0 fully saturated rings. The average molecular weight is 341 g/mol. The average Bonchev–Trinajstić information content (AvgIpc) is 2.39. The Morgan fingerprint density at radius 1 is 1.45 bits per heavy atom. The summed E-state index contributed by atoms with van der Waals surface area (Å²) in [7, 11) is 0. The van der Waals surface area contributed by atoms with Gasteiger partial charge in [-0.2, -0.15) is 0 Å². The molecule has 0 aromatic heterocycles. The maximum Gasteiger partial charge on any atom is 0.328 e. The van der Waals surface area contributed by atoms with E-state index in [4.69, 9.17) is 14.6 Å². The second-order valence-corrected chi connectivity index (χ2v) is 4.71. The van der Waals surface area contributed by atoms with Gasteiger partial charge in [0.05, 0.1) is 17.7 Å². The SMILES string of the molecule is C=CCCOc1c(Br)cc(C=CC(=O)O)cc1OCC. The van der Waals surface area contributed by atoms with Crippen LogP contribution in [0.4, 0.5) is 0 Å². The van der Waals surface area contributed by atoms with E-state index in [1.54, 1.807) is 18.2 Å². The molecule has 0 heterocycles. The molecule has 1 aromatic rings. The van der Waals surface area contributed by atoms with Crippen LogP contribution < -0.4 is 9.47 Å². The van der Waals surface area contributed by atoms with Crippen LogP contribution in [0.1, 0.15) is 18.9 Å². The molecule has 0 saturated carbocycles. The molecule has 0 aliphatic rings. The molecule has 0 bridgehead atoms. The summed E-state index contributed by atoms with van der Waals surface area (Å²) in [5.74, 6) is 0.197. The van der Waals surface area contributed by atoms with Crippen molar-refractivity contribution in [3.05, 3.63) is 40.9 Å². The number of halogens is 1. The van der Waals surface area contributed by atoms with Gasteiger partial charge in [0, 0.05) is 6.08 Å². The van der Waals surface area contributed by atoms with Crippen molar-refractivity contribution >= 4 is 28.0 Å². The molecule has 0 atom stereocenters. The lowest BCUT2D eigenvalue weighted by Crippen LogP contribution is -2.01. The molecule has 0 saturated heterocycles. The highest BCUT2D eigenvalue weighted by Gasteiger charge is 2.11. The van der Waals surface area contributed by atoms with E-state index in [2.05, 4.69) is 22.5 Å². The molecular weight excluding hydrogens is 324 g/mol. The van der Waals surface area contributed by atoms with Crippen molar-refractivity contribution in [3.8, 4) is 11.5 Å². The minimum Gasteiger partial charge on any atom is -0.490 e. The van der Waals surface area contributed by atoms with Crippen molar-refractivity contribution in [3.63, 3.8) is 0 Å². The summed E-state index contributed by atoms with van der Waals surface area (Å²) < 4.78 is 11.9. The fraction of sp³-hybridized carbons (Fsp3) is 0.267. The maximum absolute atomic E-state index is 10.5. The van der Waals surface area contributed by atoms with Crippen LogP contribution in [0, 0.1) is 0 Å². The zero-order valence-corrected chi connectivity index (χ0v) is 12.9. The van der Waals surface area contributed by atoms with Gasteiger partial charge in [0.15, 0.2) is 11.5 Å². The first-order valence-electron chi connectivity index (χ1n) is 6.19. The number of rotatable bonds is 8. The largest absolute Gasteiger partial charge is 0.490 e. The van der Waals surface area contributed by atoms with Crippen molar-refractivity contribution in [2.45, 2.75) is 13.3 Å². The third-order valence-electron chi connectivity index (χ3n) is 2.32. The van der Waals surface area contributed by atoms with Crippen molar-refractivity contribution in [1.82, 2.24) is 0 Å². The smallest absolute Gasteiger partial charge is 0.328 e. The van der Waals surface area contributed by atoms with Gasteiger partial charge in [-0.25, -0.2) is 4.79 Å². The van der Waals surface area contributed by atoms with Gasteiger partial charge in [-0.1, -0.05) is 6.08 Å². The van der Waals surface area contributed by atoms with Crippen LogP contribution in [0.15, 0.2) is 35.3 Å². The van der Waals surface area contributed by atoms with Crippen molar-refractivity contribution < 1.29 is 19.4 Å². The summed E-state index contributed by atoms with van der Waals surface area (Å²) in [4.78, 5) is 10.5. The van der Waals surface area contributed by atoms with Gasteiger partial charge in [-0.15, -0.1) is 6.58 Å². The van der Waals surface area contributed by atoms with E-state index >= 15 is 0 Å². The molecule has 1 aromatic carbocycles. The van der Waals surface area contributed by atoms with E-state index in [-0.39, 0.29) is 0 Å². The lowest BCUT2D eigenvalue weighted by molar-refractivity contribution is -0.131. The molecule has 4 nitrogen and oxygen atoms in total. The quantitative estimate of drug-likeness (QED) is 0.443. The van der Waals surface area contributed by atoms with Crippen LogP contribution in [0.5, 0.6) is 11.5 Å². The molecular formula is C15H17BrO4. The first-order chi connectivity index (χ1) is 9.58. The predicted octanol–water partition coefficient (Wildman–Crippen LogP) is 3.90. The van der Waals surface area contributed by atoms with Gasteiger partial charge in [0.25, 0.3) is 0 Å². The molecule has 20 heavy (non-hydrogen) atoms. The lowest BCUT2D eigenvalue weighted by atomic mass is 10.2. The predicted molar refractivity (Wildman–Crippen MR) is 82.3 cm³/mol. The van der Waals surface area contributed by atoms with E-state index in [0.29, 0.717) is 24.7 Å². The molecule has 0 unspecified atom stereocenters. The summed E-state index contributed by atoms with van der Waals surface area (Å²) in [6.07, 6.45) is 5.09. The van der Waals surface area contributed by atoms with Crippen LogP contribution >= 0.6 is 15.9 Å². The molecule has 0 amide bonds. The number of hydrogen-bond donors (Lipinski definition) is 1. The summed E-state index contributed by atoms with van der Waals surface area (Å²) in [5, 5.41) is 8.65. The van der Waals surface area contributed by atoms with E-state index < -0.39 is 5.97 Å². The molecule has 0 aliphatic heterocycles. The standard InChI is InChI=1S/C15H17BrO4/c1-3-5-8-20-15-12(16)9-11(6-7-14(17)18)10-13(15)19-4-2/h3,6-7,9-10H,1,4-5,8H2,2H3,(H,17,18). The van der Waals surface area contributed by atoms with Gasteiger partial charge in [-0.05, 0) is 53.0 Å². The summed E-state index contributed by atoms with van der Waals surface area (Å²) in [6, 6.07) is 3.53. The summed E-state index contributed by atoms with van der Waals surface area (Å²) >= 11 is 3.41. The highest BCUT2D eigenvalue weighted by atomic mass is 79.9. The Balaban J connectivity index is 3.04. The Hall–Kier alpha value is -1.75. The normalized spacial score (nSPS) is 10.5. The zero-order chi connectivity index (χ0) is 15.0. The fourth-order valence-corrected chi connectivity index (χ4v) is 2.07. The van der Waals surface area contributed by atoms with Crippen LogP contribution in [0.2, 0.25) is 0 Å². The Labute approximate surface area is 126 Å². The van der Waals surface area contributed by atoms with Crippen LogP contribution in [-0.4, -0.2) is 24.3 Å². The third kappa shape index (κ3) is 5.09. The topological polar surface area (TPSA) is 55.8 Å². The number of ether oxygens (including phenoxy) is 2. The molecule has 1 N–H and O–H groups in total. The second-order valence-electron chi connectivity index (χ2n) is 3.86. The number of aliphatic carboxylic acids is 1. The summed E-state index contributed by atoms with van der Waals surface area (Å²) in [5.41, 5.74) is 0.721. The number of benzene rings is 1. The third-order valence-corrected chi connectivity index (χ3v) is 2.91. The molecule has 108 valence electrons. The minimum absolute atomic E-state index is 0.496. The number of carboxylic acids is 1. The Morgan fingerprint density at radius 2 is 2.20 bits per heavy atom.